The van der Waals surface area contributed by atoms with E-state index >= 15 is 0 Å². The third-order valence-corrected chi connectivity index (χ3v) is 2.46. The quantitative estimate of drug-likeness (QED) is 0.742. The summed E-state index contributed by atoms with van der Waals surface area (Å²) in [5.74, 6) is -0.481. The second-order valence-electron chi connectivity index (χ2n) is 4.09. The van der Waals surface area contributed by atoms with Crippen LogP contribution in [0.15, 0.2) is 18.2 Å². The van der Waals surface area contributed by atoms with Crippen molar-refractivity contribution in [3.05, 3.63) is 35.1 Å². The van der Waals surface area contributed by atoms with Gasteiger partial charge in [0.05, 0.1) is 11.7 Å². The molecule has 92 valence electrons. The lowest BCUT2D eigenvalue weighted by Crippen LogP contribution is -2.16. The Morgan fingerprint density at radius 1 is 1.53 bits per heavy atom. The molecule has 4 heteroatoms. The predicted molar refractivity (Wildman–Crippen MR) is 63.7 cm³/mol. The summed E-state index contributed by atoms with van der Waals surface area (Å²) in [7, 11) is 0. The average Bonchev–Trinajstić information content (AvgIpc) is 2.30. The SMILES string of the molecule is CC(O)CCCNCc1ccc(F)c(C#N)c1. The monoisotopic (exact) mass is 236 g/mol. The molecule has 0 heterocycles. The van der Waals surface area contributed by atoms with Crippen LogP contribution in [0.2, 0.25) is 0 Å². The Balaban J connectivity index is 2.35. The van der Waals surface area contributed by atoms with Gasteiger partial charge in [-0.05, 0) is 44.0 Å². The molecular weight excluding hydrogens is 219 g/mol. The number of nitriles is 1. The van der Waals surface area contributed by atoms with Crippen molar-refractivity contribution in [2.24, 2.45) is 0 Å². The van der Waals surface area contributed by atoms with Crippen LogP contribution in [0.5, 0.6) is 0 Å². The highest BCUT2D eigenvalue weighted by atomic mass is 19.1. The first-order valence-corrected chi connectivity index (χ1v) is 5.71. The fourth-order valence-corrected chi connectivity index (χ4v) is 1.52. The molecule has 17 heavy (non-hydrogen) atoms. The minimum Gasteiger partial charge on any atom is -0.393 e. The number of aliphatic hydroxyl groups is 1. The molecule has 1 unspecified atom stereocenters. The Hall–Kier alpha value is -1.44. The van der Waals surface area contributed by atoms with Crippen LogP contribution in [0.1, 0.15) is 30.9 Å². The summed E-state index contributed by atoms with van der Waals surface area (Å²) in [6, 6.07) is 6.34. The normalized spacial score (nSPS) is 12.1. The largest absolute Gasteiger partial charge is 0.393 e. The average molecular weight is 236 g/mol. The molecule has 0 aliphatic carbocycles. The number of hydrogen-bond donors (Lipinski definition) is 2. The third kappa shape index (κ3) is 4.94. The highest BCUT2D eigenvalue weighted by Gasteiger charge is 2.02. The summed E-state index contributed by atoms with van der Waals surface area (Å²) >= 11 is 0. The number of nitrogens with one attached hydrogen (secondary N) is 1. The Morgan fingerprint density at radius 2 is 2.29 bits per heavy atom. The molecule has 0 bridgehead atoms. The molecule has 0 amide bonds. The van der Waals surface area contributed by atoms with Crippen molar-refractivity contribution in [3.63, 3.8) is 0 Å². The van der Waals surface area contributed by atoms with E-state index in [9.17, 15) is 4.39 Å². The molecule has 3 nitrogen and oxygen atoms in total. The Kier molecular flexibility index (Phi) is 5.61. The molecule has 1 atom stereocenters. The minimum absolute atomic E-state index is 0.0771. The van der Waals surface area contributed by atoms with Gasteiger partial charge in [0.25, 0.3) is 0 Å². The van der Waals surface area contributed by atoms with Gasteiger partial charge >= 0.3 is 0 Å². The number of aliphatic hydroxyl groups excluding tert-OH is 1. The van der Waals surface area contributed by atoms with Crippen molar-refractivity contribution < 1.29 is 9.50 Å². The zero-order valence-corrected chi connectivity index (χ0v) is 9.91. The van der Waals surface area contributed by atoms with Crippen molar-refractivity contribution in [3.8, 4) is 6.07 Å². The number of halogens is 1. The molecule has 1 aromatic carbocycles. The van der Waals surface area contributed by atoms with Gasteiger partial charge in [-0.3, -0.25) is 0 Å². The van der Waals surface area contributed by atoms with Gasteiger partial charge in [0, 0.05) is 6.54 Å². The third-order valence-electron chi connectivity index (χ3n) is 2.46. The van der Waals surface area contributed by atoms with E-state index in [4.69, 9.17) is 10.4 Å². The molecule has 2 N–H and O–H groups in total. The Bertz CT molecular complexity index is 399. The molecule has 0 saturated heterocycles. The molecule has 0 fully saturated rings. The minimum atomic E-state index is -0.481. The van der Waals surface area contributed by atoms with Crippen LogP contribution in [-0.2, 0) is 6.54 Å². The summed E-state index contributed by atoms with van der Waals surface area (Å²) in [5, 5.41) is 20.9. The molecule has 0 radical (unpaired) electrons. The van der Waals surface area contributed by atoms with Crippen LogP contribution in [0.25, 0.3) is 0 Å². The lowest BCUT2D eigenvalue weighted by atomic mass is 10.1. The molecule has 1 aromatic rings. The molecule has 1 rings (SSSR count). The standard InChI is InChI=1S/C13H17FN2O/c1-10(17)3-2-6-16-9-11-4-5-13(14)12(7-11)8-15/h4-5,7,10,16-17H,2-3,6,9H2,1H3. The van der Waals surface area contributed by atoms with E-state index in [1.165, 1.54) is 6.07 Å². The molecule has 0 saturated carbocycles. The molecule has 0 aromatic heterocycles. The summed E-state index contributed by atoms with van der Waals surface area (Å²) in [6.45, 7) is 3.16. The highest BCUT2D eigenvalue weighted by molar-refractivity contribution is 5.34. The maximum Gasteiger partial charge on any atom is 0.140 e. The summed E-state index contributed by atoms with van der Waals surface area (Å²) in [6.07, 6.45) is 1.39. The summed E-state index contributed by atoms with van der Waals surface area (Å²) < 4.78 is 13.0. The number of rotatable bonds is 6. The topological polar surface area (TPSA) is 56.0 Å². The van der Waals surface area contributed by atoms with Gasteiger partial charge in [-0.2, -0.15) is 5.26 Å². The zero-order valence-electron chi connectivity index (χ0n) is 9.91. The fourth-order valence-electron chi connectivity index (χ4n) is 1.52. The van der Waals surface area contributed by atoms with Crippen LogP contribution < -0.4 is 5.32 Å². The smallest absolute Gasteiger partial charge is 0.140 e. The van der Waals surface area contributed by atoms with Gasteiger partial charge < -0.3 is 10.4 Å². The first kappa shape index (κ1) is 13.6. The van der Waals surface area contributed by atoms with E-state index in [-0.39, 0.29) is 11.7 Å². The second-order valence-corrected chi connectivity index (χ2v) is 4.09. The number of nitrogens with zero attached hydrogens (tertiary/aromatic N) is 1. The van der Waals surface area contributed by atoms with Crippen molar-refractivity contribution in [1.82, 2.24) is 5.32 Å². The van der Waals surface area contributed by atoms with Crippen LogP contribution in [0, 0.1) is 17.1 Å². The van der Waals surface area contributed by atoms with E-state index in [1.807, 2.05) is 6.07 Å². The summed E-state index contributed by atoms with van der Waals surface area (Å²) in [5.41, 5.74) is 0.966. The van der Waals surface area contributed by atoms with Gasteiger partial charge in [-0.15, -0.1) is 0 Å². The lowest BCUT2D eigenvalue weighted by Gasteiger charge is -2.06. The highest BCUT2D eigenvalue weighted by Crippen LogP contribution is 2.09. The molecule has 0 aliphatic heterocycles. The number of benzene rings is 1. The zero-order chi connectivity index (χ0) is 12.7. The second kappa shape index (κ2) is 7.00. The van der Waals surface area contributed by atoms with Crippen LogP contribution >= 0.6 is 0 Å². The summed E-state index contributed by atoms with van der Waals surface area (Å²) in [4.78, 5) is 0. The van der Waals surface area contributed by atoms with Crippen molar-refractivity contribution in [2.45, 2.75) is 32.4 Å². The first-order chi connectivity index (χ1) is 8.13. The van der Waals surface area contributed by atoms with Crippen molar-refractivity contribution in [1.29, 1.82) is 5.26 Å². The van der Waals surface area contributed by atoms with Crippen molar-refractivity contribution >= 4 is 0 Å². The molecular formula is C13H17FN2O. The van der Waals surface area contributed by atoms with Crippen LogP contribution in [0.3, 0.4) is 0 Å². The van der Waals surface area contributed by atoms with E-state index in [1.54, 1.807) is 19.1 Å². The van der Waals surface area contributed by atoms with Gasteiger partial charge in [0.15, 0.2) is 0 Å². The van der Waals surface area contributed by atoms with E-state index in [0.717, 1.165) is 24.9 Å². The van der Waals surface area contributed by atoms with E-state index in [2.05, 4.69) is 5.32 Å². The number of hydrogen-bond acceptors (Lipinski definition) is 3. The maximum atomic E-state index is 13.0. The predicted octanol–water partition coefficient (Wildman–Crippen LogP) is 1.95. The molecule has 0 aliphatic rings. The van der Waals surface area contributed by atoms with E-state index < -0.39 is 5.82 Å². The maximum absolute atomic E-state index is 13.0. The molecule has 0 spiro atoms. The van der Waals surface area contributed by atoms with E-state index in [0.29, 0.717) is 6.54 Å². The Morgan fingerprint density at radius 3 is 2.94 bits per heavy atom. The van der Waals surface area contributed by atoms with Crippen molar-refractivity contribution in [2.75, 3.05) is 6.54 Å². The Labute approximate surface area is 101 Å². The van der Waals surface area contributed by atoms with Gasteiger partial charge in [0.1, 0.15) is 11.9 Å². The fraction of sp³-hybridized carbons (Fsp3) is 0.462. The first-order valence-electron chi connectivity index (χ1n) is 5.71. The lowest BCUT2D eigenvalue weighted by molar-refractivity contribution is 0.181. The van der Waals surface area contributed by atoms with Gasteiger partial charge in [-0.1, -0.05) is 6.07 Å². The van der Waals surface area contributed by atoms with Gasteiger partial charge in [-0.25, -0.2) is 4.39 Å². The van der Waals surface area contributed by atoms with Crippen LogP contribution in [0.4, 0.5) is 4.39 Å². The van der Waals surface area contributed by atoms with Gasteiger partial charge in [0.2, 0.25) is 0 Å². The van der Waals surface area contributed by atoms with Crippen LogP contribution in [-0.4, -0.2) is 17.8 Å².